The van der Waals surface area contributed by atoms with Crippen molar-refractivity contribution in [2.24, 2.45) is 5.73 Å². The zero-order chi connectivity index (χ0) is 13.2. The molecule has 1 aromatic carbocycles. The van der Waals surface area contributed by atoms with Gasteiger partial charge in [-0.05, 0) is 20.2 Å². The van der Waals surface area contributed by atoms with E-state index >= 15 is 0 Å². The first kappa shape index (κ1) is 12.7. The molecule has 1 unspecified atom stereocenters. The van der Waals surface area contributed by atoms with Crippen molar-refractivity contribution in [1.82, 2.24) is 4.90 Å². The predicted molar refractivity (Wildman–Crippen MR) is 73.2 cm³/mol. The Labute approximate surface area is 108 Å². The summed E-state index contributed by atoms with van der Waals surface area (Å²) in [7, 11) is 3.87. The standard InChI is InChI=1S/C15H18N2O/c1-17(2)15(16)10-8-13(9-11-15)14(18)12-6-4-3-5-7-12/h3-10H,11,16H2,1-2H3. The molecule has 1 atom stereocenters. The number of nitrogens with two attached hydrogens (primary N) is 1. The van der Waals surface area contributed by atoms with Crippen LogP contribution in [0.4, 0.5) is 0 Å². The Hall–Kier alpha value is -1.71. The Morgan fingerprint density at radius 1 is 1.28 bits per heavy atom. The van der Waals surface area contributed by atoms with Gasteiger partial charge in [-0.25, -0.2) is 0 Å². The molecule has 18 heavy (non-hydrogen) atoms. The topological polar surface area (TPSA) is 46.3 Å². The molecule has 94 valence electrons. The van der Waals surface area contributed by atoms with Crippen LogP contribution < -0.4 is 5.73 Å². The van der Waals surface area contributed by atoms with Crippen LogP contribution in [-0.4, -0.2) is 30.4 Å². The van der Waals surface area contributed by atoms with Gasteiger partial charge in [-0.15, -0.1) is 0 Å². The number of carbonyl (C=O) groups excluding carboxylic acids is 1. The molecule has 3 heteroatoms. The summed E-state index contributed by atoms with van der Waals surface area (Å²) in [5.74, 6) is 0.0488. The molecule has 0 fully saturated rings. The Bertz CT molecular complexity index is 502. The van der Waals surface area contributed by atoms with Gasteiger partial charge in [-0.3, -0.25) is 9.69 Å². The Morgan fingerprint density at radius 3 is 2.44 bits per heavy atom. The van der Waals surface area contributed by atoms with E-state index < -0.39 is 5.66 Å². The molecule has 0 aliphatic heterocycles. The third kappa shape index (κ3) is 2.42. The second kappa shape index (κ2) is 4.88. The van der Waals surface area contributed by atoms with Crippen LogP contribution in [0.1, 0.15) is 16.8 Å². The number of likely N-dealkylation sites (N-methyl/N-ethyl adjacent to an activating group) is 1. The normalized spacial score (nSPS) is 23.0. The van der Waals surface area contributed by atoms with Crippen LogP contribution in [0, 0.1) is 0 Å². The van der Waals surface area contributed by atoms with Gasteiger partial charge in [0.1, 0.15) is 0 Å². The van der Waals surface area contributed by atoms with Crippen molar-refractivity contribution in [1.29, 1.82) is 0 Å². The van der Waals surface area contributed by atoms with Gasteiger partial charge in [0.25, 0.3) is 0 Å². The second-order valence-electron chi connectivity index (χ2n) is 4.78. The fourth-order valence-electron chi connectivity index (χ4n) is 1.90. The number of hydrogen-bond acceptors (Lipinski definition) is 3. The van der Waals surface area contributed by atoms with Crippen LogP contribution in [0.3, 0.4) is 0 Å². The first-order chi connectivity index (χ1) is 8.53. The number of allylic oxidation sites excluding steroid dienone is 2. The fraction of sp³-hybridized carbons (Fsp3) is 0.267. The molecule has 3 nitrogen and oxygen atoms in total. The van der Waals surface area contributed by atoms with Gasteiger partial charge >= 0.3 is 0 Å². The van der Waals surface area contributed by atoms with Crippen molar-refractivity contribution in [2.45, 2.75) is 12.1 Å². The van der Waals surface area contributed by atoms with E-state index in [1.807, 2.05) is 67.6 Å². The third-order valence-corrected chi connectivity index (χ3v) is 3.33. The van der Waals surface area contributed by atoms with Gasteiger partial charge in [0.15, 0.2) is 5.78 Å². The number of nitrogens with zero attached hydrogens (tertiary/aromatic N) is 1. The van der Waals surface area contributed by atoms with Crippen LogP contribution in [-0.2, 0) is 0 Å². The molecule has 1 aliphatic carbocycles. The van der Waals surface area contributed by atoms with E-state index in [2.05, 4.69) is 0 Å². The number of rotatable bonds is 3. The first-order valence-electron chi connectivity index (χ1n) is 5.98. The van der Waals surface area contributed by atoms with Gasteiger partial charge in [0, 0.05) is 17.6 Å². The van der Waals surface area contributed by atoms with Gasteiger partial charge < -0.3 is 5.73 Å². The highest BCUT2D eigenvalue weighted by molar-refractivity contribution is 6.10. The number of Topliss-reactive ketones (excluding diaryl/α,β-unsaturated/α-hetero) is 1. The Morgan fingerprint density at radius 2 is 1.94 bits per heavy atom. The maximum Gasteiger partial charge on any atom is 0.192 e. The molecular formula is C15H18N2O. The maximum atomic E-state index is 12.2. The molecule has 0 amide bonds. The van der Waals surface area contributed by atoms with Crippen molar-refractivity contribution in [3.05, 3.63) is 59.7 Å². The summed E-state index contributed by atoms with van der Waals surface area (Å²) in [5.41, 5.74) is 7.12. The summed E-state index contributed by atoms with van der Waals surface area (Å²) in [6.07, 6.45) is 6.27. The van der Waals surface area contributed by atoms with Gasteiger partial charge in [0.05, 0.1) is 5.66 Å². The Kier molecular flexibility index (Phi) is 3.45. The highest BCUT2D eigenvalue weighted by Gasteiger charge is 2.26. The lowest BCUT2D eigenvalue weighted by Crippen LogP contribution is -2.51. The Balaban J connectivity index is 2.17. The summed E-state index contributed by atoms with van der Waals surface area (Å²) in [4.78, 5) is 14.2. The average molecular weight is 242 g/mol. The maximum absolute atomic E-state index is 12.2. The van der Waals surface area contributed by atoms with E-state index in [1.165, 1.54) is 0 Å². The van der Waals surface area contributed by atoms with Crippen molar-refractivity contribution in [3.8, 4) is 0 Å². The third-order valence-electron chi connectivity index (χ3n) is 3.33. The minimum atomic E-state index is -0.486. The summed E-state index contributed by atoms with van der Waals surface area (Å²) >= 11 is 0. The van der Waals surface area contributed by atoms with Crippen molar-refractivity contribution >= 4 is 5.78 Å². The van der Waals surface area contributed by atoms with Crippen molar-refractivity contribution in [3.63, 3.8) is 0 Å². The minimum Gasteiger partial charge on any atom is -0.310 e. The van der Waals surface area contributed by atoms with Gasteiger partial charge in [-0.2, -0.15) is 0 Å². The van der Waals surface area contributed by atoms with E-state index in [-0.39, 0.29) is 5.78 Å². The van der Waals surface area contributed by atoms with Crippen LogP contribution in [0.15, 0.2) is 54.1 Å². The van der Waals surface area contributed by atoms with E-state index in [0.29, 0.717) is 17.6 Å². The van der Waals surface area contributed by atoms with E-state index in [1.54, 1.807) is 0 Å². The number of ketones is 1. The van der Waals surface area contributed by atoms with Gasteiger partial charge in [-0.1, -0.05) is 42.5 Å². The average Bonchev–Trinajstić information content (AvgIpc) is 2.40. The number of carbonyl (C=O) groups is 1. The molecule has 2 rings (SSSR count). The van der Waals surface area contributed by atoms with Crippen LogP contribution >= 0.6 is 0 Å². The lowest BCUT2D eigenvalue weighted by Gasteiger charge is -2.34. The van der Waals surface area contributed by atoms with Crippen LogP contribution in [0.2, 0.25) is 0 Å². The largest absolute Gasteiger partial charge is 0.310 e. The molecule has 0 aromatic heterocycles. The second-order valence-corrected chi connectivity index (χ2v) is 4.78. The molecule has 1 aliphatic rings. The summed E-state index contributed by atoms with van der Waals surface area (Å²) in [5, 5.41) is 0. The molecule has 0 heterocycles. The van der Waals surface area contributed by atoms with Crippen LogP contribution in [0.25, 0.3) is 0 Å². The quantitative estimate of drug-likeness (QED) is 0.651. The minimum absolute atomic E-state index is 0.0488. The SMILES string of the molecule is CN(C)C1(N)C=CC(C(=O)c2ccccc2)=CC1. The zero-order valence-electron chi connectivity index (χ0n) is 10.8. The predicted octanol–water partition coefficient (Wildman–Crippen LogP) is 1.97. The molecule has 2 N–H and O–H groups in total. The summed E-state index contributed by atoms with van der Waals surface area (Å²) < 4.78 is 0. The highest BCUT2D eigenvalue weighted by atomic mass is 16.1. The van der Waals surface area contributed by atoms with E-state index in [9.17, 15) is 4.79 Å². The smallest absolute Gasteiger partial charge is 0.192 e. The van der Waals surface area contributed by atoms with Crippen molar-refractivity contribution in [2.75, 3.05) is 14.1 Å². The van der Waals surface area contributed by atoms with Gasteiger partial charge in [0.2, 0.25) is 0 Å². The molecule has 0 saturated carbocycles. The summed E-state index contributed by atoms with van der Waals surface area (Å²) in [6.45, 7) is 0. The molecule has 1 aromatic rings. The molecular weight excluding hydrogens is 224 g/mol. The molecule has 0 spiro atoms. The molecule has 0 radical (unpaired) electrons. The monoisotopic (exact) mass is 242 g/mol. The van der Waals surface area contributed by atoms with Crippen molar-refractivity contribution < 1.29 is 4.79 Å². The first-order valence-corrected chi connectivity index (χ1v) is 5.98. The van der Waals surface area contributed by atoms with E-state index in [4.69, 9.17) is 5.73 Å². The zero-order valence-corrected chi connectivity index (χ0v) is 10.8. The summed E-state index contributed by atoms with van der Waals surface area (Å²) in [6, 6.07) is 9.29. The van der Waals surface area contributed by atoms with Crippen LogP contribution in [0.5, 0.6) is 0 Å². The number of hydrogen-bond donors (Lipinski definition) is 1. The lowest BCUT2D eigenvalue weighted by atomic mass is 9.92. The molecule has 0 bridgehead atoms. The van der Waals surface area contributed by atoms with E-state index in [0.717, 1.165) is 0 Å². The fourth-order valence-corrected chi connectivity index (χ4v) is 1.90. The highest BCUT2D eigenvalue weighted by Crippen LogP contribution is 2.22. The lowest BCUT2D eigenvalue weighted by molar-refractivity contribution is 0.103. The molecule has 0 saturated heterocycles. The number of benzene rings is 1.